The number of benzene rings is 2. The van der Waals surface area contributed by atoms with Crippen molar-refractivity contribution in [2.24, 2.45) is 0 Å². The van der Waals surface area contributed by atoms with Crippen LogP contribution in [0.15, 0.2) is 42.5 Å². The molecule has 4 nitrogen and oxygen atoms in total. The van der Waals surface area contributed by atoms with E-state index in [1.807, 2.05) is 24.3 Å². The summed E-state index contributed by atoms with van der Waals surface area (Å²) in [5.41, 5.74) is 2.12. The summed E-state index contributed by atoms with van der Waals surface area (Å²) in [4.78, 5) is 11.9. The van der Waals surface area contributed by atoms with E-state index in [0.29, 0.717) is 12.4 Å². The van der Waals surface area contributed by atoms with Crippen molar-refractivity contribution in [3.05, 3.63) is 59.2 Å². The highest BCUT2D eigenvalue weighted by atomic mass is 35.5. The van der Waals surface area contributed by atoms with Crippen molar-refractivity contribution in [2.75, 3.05) is 0 Å². The van der Waals surface area contributed by atoms with Gasteiger partial charge in [-0.25, -0.2) is 0 Å². The molecule has 0 saturated heterocycles. The molecule has 1 amide bonds. The van der Waals surface area contributed by atoms with Gasteiger partial charge in [0.05, 0.1) is 0 Å². The summed E-state index contributed by atoms with van der Waals surface area (Å²) in [6.45, 7) is 0.347. The average Bonchev–Trinajstić information content (AvgIpc) is 2.44. The quantitative estimate of drug-likeness (QED) is 0.759. The van der Waals surface area contributed by atoms with Crippen molar-refractivity contribution in [2.45, 2.75) is 12.4 Å². The molecule has 0 aliphatic carbocycles. The molecule has 0 bridgehead atoms. The molecular formula is C15H14ClNO3. The van der Waals surface area contributed by atoms with Crippen molar-refractivity contribution in [3.63, 3.8) is 0 Å². The van der Waals surface area contributed by atoms with Gasteiger partial charge in [-0.1, -0.05) is 24.3 Å². The number of hydrogen-bond donors (Lipinski definition) is 3. The van der Waals surface area contributed by atoms with Crippen LogP contribution in [0.5, 0.6) is 11.5 Å². The number of amides is 1. The summed E-state index contributed by atoms with van der Waals surface area (Å²) in [6, 6.07) is 11.3. The summed E-state index contributed by atoms with van der Waals surface area (Å²) >= 11 is 5.75. The van der Waals surface area contributed by atoms with Crippen LogP contribution in [0.1, 0.15) is 21.5 Å². The molecular weight excluding hydrogens is 278 g/mol. The third-order valence-electron chi connectivity index (χ3n) is 2.76. The van der Waals surface area contributed by atoms with E-state index in [2.05, 4.69) is 5.32 Å². The first-order valence-electron chi connectivity index (χ1n) is 6.03. The van der Waals surface area contributed by atoms with Gasteiger partial charge in [0.15, 0.2) is 0 Å². The molecule has 104 valence electrons. The number of hydrogen-bond acceptors (Lipinski definition) is 3. The fourth-order valence-corrected chi connectivity index (χ4v) is 2.00. The van der Waals surface area contributed by atoms with Gasteiger partial charge >= 0.3 is 0 Å². The zero-order chi connectivity index (χ0) is 14.5. The van der Waals surface area contributed by atoms with Gasteiger partial charge in [-0.2, -0.15) is 0 Å². The first-order valence-corrected chi connectivity index (χ1v) is 6.57. The molecule has 3 N–H and O–H groups in total. The highest BCUT2D eigenvalue weighted by Crippen LogP contribution is 2.20. The first kappa shape index (κ1) is 14.2. The SMILES string of the molecule is O=C(NCc1cccc(CCl)c1)c1cc(O)cc(O)c1. The van der Waals surface area contributed by atoms with Crippen molar-refractivity contribution in [1.82, 2.24) is 5.32 Å². The number of carbonyl (C=O) groups is 1. The Bertz CT molecular complexity index is 608. The smallest absolute Gasteiger partial charge is 0.251 e. The van der Waals surface area contributed by atoms with Gasteiger partial charge in [-0.15, -0.1) is 11.6 Å². The second-order valence-electron chi connectivity index (χ2n) is 4.37. The molecule has 0 atom stereocenters. The molecule has 0 spiro atoms. The molecule has 0 saturated carbocycles. The zero-order valence-electron chi connectivity index (χ0n) is 10.6. The van der Waals surface area contributed by atoms with Gasteiger partial charge in [-0.3, -0.25) is 4.79 Å². The van der Waals surface area contributed by atoms with E-state index in [4.69, 9.17) is 11.6 Å². The van der Waals surface area contributed by atoms with Gasteiger partial charge < -0.3 is 15.5 Å². The number of halogens is 1. The lowest BCUT2D eigenvalue weighted by atomic mass is 10.1. The van der Waals surface area contributed by atoms with E-state index < -0.39 is 0 Å². The van der Waals surface area contributed by atoms with Gasteiger partial charge in [0.25, 0.3) is 5.91 Å². The van der Waals surface area contributed by atoms with Gasteiger partial charge in [-0.05, 0) is 23.3 Å². The van der Waals surface area contributed by atoms with Crippen molar-refractivity contribution in [1.29, 1.82) is 0 Å². The molecule has 0 radical (unpaired) electrons. The topological polar surface area (TPSA) is 69.6 Å². The Labute approximate surface area is 121 Å². The standard InChI is InChI=1S/C15H14ClNO3/c16-8-10-2-1-3-11(4-10)9-17-15(20)12-5-13(18)7-14(19)6-12/h1-7,18-19H,8-9H2,(H,17,20). The van der Waals surface area contributed by atoms with Gasteiger partial charge in [0.1, 0.15) is 11.5 Å². The summed E-state index contributed by atoms with van der Waals surface area (Å²) in [5, 5.41) is 21.4. The lowest BCUT2D eigenvalue weighted by molar-refractivity contribution is 0.0950. The number of rotatable bonds is 4. The lowest BCUT2D eigenvalue weighted by Gasteiger charge is -2.07. The maximum absolute atomic E-state index is 11.9. The molecule has 2 aromatic rings. The fraction of sp³-hybridized carbons (Fsp3) is 0.133. The molecule has 0 unspecified atom stereocenters. The van der Waals surface area contributed by atoms with E-state index >= 15 is 0 Å². The molecule has 0 aliphatic rings. The first-order chi connectivity index (χ1) is 9.58. The molecule has 0 heterocycles. The van der Waals surface area contributed by atoms with Crippen LogP contribution in [-0.4, -0.2) is 16.1 Å². The molecule has 2 rings (SSSR count). The highest BCUT2D eigenvalue weighted by molar-refractivity contribution is 6.17. The summed E-state index contributed by atoms with van der Waals surface area (Å²) in [6.07, 6.45) is 0. The van der Waals surface area contributed by atoms with E-state index in [-0.39, 0.29) is 23.0 Å². The van der Waals surface area contributed by atoms with Crippen LogP contribution in [0.4, 0.5) is 0 Å². The van der Waals surface area contributed by atoms with E-state index in [1.165, 1.54) is 18.2 Å². The number of carbonyl (C=O) groups excluding carboxylic acids is 1. The zero-order valence-corrected chi connectivity index (χ0v) is 11.4. The second kappa shape index (κ2) is 6.30. The van der Waals surface area contributed by atoms with Gasteiger partial charge in [0, 0.05) is 24.1 Å². The highest BCUT2D eigenvalue weighted by Gasteiger charge is 2.08. The van der Waals surface area contributed by atoms with Gasteiger partial charge in [0.2, 0.25) is 0 Å². The molecule has 0 aliphatic heterocycles. The fourth-order valence-electron chi connectivity index (χ4n) is 1.83. The lowest BCUT2D eigenvalue weighted by Crippen LogP contribution is -2.22. The molecule has 0 fully saturated rings. The normalized spacial score (nSPS) is 10.2. The third kappa shape index (κ3) is 3.65. The van der Waals surface area contributed by atoms with E-state index in [1.54, 1.807) is 0 Å². The van der Waals surface area contributed by atoms with Crippen LogP contribution in [0, 0.1) is 0 Å². The largest absolute Gasteiger partial charge is 0.508 e. The van der Waals surface area contributed by atoms with Crippen LogP contribution >= 0.6 is 11.6 Å². The van der Waals surface area contributed by atoms with Crippen LogP contribution in [0.3, 0.4) is 0 Å². The minimum atomic E-state index is -0.368. The number of phenolic OH excluding ortho intramolecular Hbond substituents is 2. The van der Waals surface area contributed by atoms with Crippen LogP contribution in [0.25, 0.3) is 0 Å². The maximum atomic E-state index is 11.9. The summed E-state index contributed by atoms with van der Waals surface area (Å²) in [5.74, 6) is -0.256. The number of nitrogens with one attached hydrogen (secondary N) is 1. The van der Waals surface area contributed by atoms with Crippen LogP contribution in [-0.2, 0) is 12.4 Å². The predicted molar refractivity (Wildman–Crippen MR) is 76.9 cm³/mol. The average molecular weight is 292 g/mol. The Kier molecular flexibility index (Phi) is 4.48. The minimum absolute atomic E-state index is 0.153. The second-order valence-corrected chi connectivity index (χ2v) is 4.64. The van der Waals surface area contributed by atoms with Crippen molar-refractivity contribution in [3.8, 4) is 11.5 Å². The molecule has 0 aromatic heterocycles. The number of aromatic hydroxyl groups is 2. The monoisotopic (exact) mass is 291 g/mol. The Morgan fingerprint density at radius 2 is 1.70 bits per heavy atom. The van der Waals surface area contributed by atoms with Crippen LogP contribution < -0.4 is 5.32 Å². The Morgan fingerprint density at radius 3 is 2.35 bits per heavy atom. The van der Waals surface area contributed by atoms with Crippen LogP contribution in [0.2, 0.25) is 0 Å². The third-order valence-corrected chi connectivity index (χ3v) is 3.07. The van der Waals surface area contributed by atoms with Crippen molar-refractivity contribution >= 4 is 17.5 Å². The van der Waals surface area contributed by atoms with E-state index in [0.717, 1.165) is 11.1 Å². The number of alkyl halides is 1. The predicted octanol–water partition coefficient (Wildman–Crippen LogP) is 2.77. The Balaban J connectivity index is 2.04. The minimum Gasteiger partial charge on any atom is -0.508 e. The molecule has 2 aromatic carbocycles. The summed E-state index contributed by atoms with van der Waals surface area (Å²) < 4.78 is 0. The van der Waals surface area contributed by atoms with Crippen molar-refractivity contribution < 1.29 is 15.0 Å². The Hall–Kier alpha value is -2.20. The summed E-state index contributed by atoms with van der Waals surface area (Å²) in [7, 11) is 0. The molecule has 5 heteroatoms. The Morgan fingerprint density at radius 1 is 1.05 bits per heavy atom. The van der Waals surface area contributed by atoms with E-state index in [9.17, 15) is 15.0 Å². The number of phenols is 2. The maximum Gasteiger partial charge on any atom is 0.251 e. The molecule has 20 heavy (non-hydrogen) atoms.